The maximum absolute atomic E-state index is 11.8. The van der Waals surface area contributed by atoms with Crippen molar-refractivity contribution in [2.75, 3.05) is 0 Å². The summed E-state index contributed by atoms with van der Waals surface area (Å²) in [5, 5.41) is 30.2. The van der Waals surface area contributed by atoms with E-state index in [9.17, 15) is 20.1 Å². The van der Waals surface area contributed by atoms with Gasteiger partial charge in [-0.15, -0.1) is 0 Å². The molecule has 0 saturated heterocycles. The summed E-state index contributed by atoms with van der Waals surface area (Å²) in [5.74, 6) is -1.88. The zero-order valence-electron chi connectivity index (χ0n) is 17.3. The van der Waals surface area contributed by atoms with Gasteiger partial charge in [0, 0.05) is 24.8 Å². The van der Waals surface area contributed by atoms with Crippen LogP contribution >= 0.6 is 0 Å². The number of allylic oxidation sites excluding steroid dienone is 4. The number of rotatable bonds is 9. The van der Waals surface area contributed by atoms with Crippen LogP contribution in [0.4, 0.5) is 0 Å². The van der Waals surface area contributed by atoms with E-state index in [1.807, 2.05) is 52.0 Å². The second-order valence-corrected chi connectivity index (χ2v) is 7.59. The van der Waals surface area contributed by atoms with Gasteiger partial charge in [0.15, 0.2) is 0 Å². The van der Waals surface area contributed by atoms with Gasteiger partial charge in [-0.25, -0.2) is 0 Å². The van der Waals surface area contributed by atoms with Gasteiger partial charge in [-0.1, -0.05) is 36.8 Å². The van der Waals surface area contributed by atoms with E-state index < -0.39 is 23.8 Å². The molecule has 1 aliphatic heterocycles. The van der Waals surface area contributed by atoms with E-state index in [-0.39, 0.29) is 12.3 Å². The fraction of sp³-hybridized carbons (Fsp3) is 0.591. The normalized spacial score (nSPS) is 25.1. The van der Waals surface area contributed by atoms with Gasteiger partial charge in [0.05, 0.1) is 12.2 Å². The maximum atomic E-state index is 11.8. The Balaban J connectivity index is 2.50. The first-order chi connectivity index (χ1) is 12.5. The average Bonchev–Trinajstić information content (AvgIpc) is 2.80. The molecule has 1 heterocycles. The van der Waals surface area contributed by atoms with Crippen LogP contribution in [0.3, 0.4) is 0 Å². The van der Waals surface area contributed by atoms with Gasteiger partial charge in [0.2, 0.25) is 5.78 Å². The van der Waals surface area contributed by atoms with Crippen LogP contribution in [0.15, 0.2) is 46.8 Å². The molecule has 1 aliphatic rings. The minimum Gasteiger partial charge on any atom is -0.459 e. The third kappa shape index (κ3) is 6.76. The zero-order chi connectivity index (χ0) is 20.8. The standard InChI is InChI=1S/C22H34O5/c1-7-15(3)20(24)16(4)10-8-9-14(2)11-12-18(23)13-19-17(5)21(25)22(6,26)27-19/h7-10,16,18,20,23-24,26H,11-13H2,1-6H3/b10-8+,14-9+,15-7+/t16-,18-,20+,22-/m1/s1. The van der Waals surface area contributed by atoms with E-state index in [0.717, 1.165) is 11.1 Å². The lowest BCUT2D eigenvalue weighted by Crippen LogP contribution is -2.32. The number of Topliss-reactive ketones (excluding diaryl/α,β-unsaturated/α-hetero) is 1. The minimum atomic E-state index is -1.81. The fourth-order valence-corrected chi connectivity index (χ4v) is 2.91. The lowest BCUT2D eigenvalue weighted by Gasteiger charge is -2.18. The molecule has 1 rings (SSSR count). The number of carbonyl (C=O) groups is 1. The summed E-state index contributed by atoms with van der Waals surface area (Å²) in [6, 6.07) is 0. The first kappa shape index (κ1) is 23.3. The van der Waals surface area contributed by atoms with E-state index in [1.165, 1.54) is 6.92 Å². The highest BCUT2D eigenvalue weighted by Crippen LogP contribution is 2.31. The molecule has 0 spiro atoms. The van der Waals surface area contributed by atoms with E-state index in [0.29, 0.717) is 24.2 Å². The van der Waals surface area contributed by atoms with E-state index >= 15 is 0 Å². The van der Waals surface area contributed by atoms with Crippen LogP contribution in [0, 0.1) is 5.92 Å². The van der Waals surface area contributed by atoms with Crippen molar-refractivity contribution in [1.29, 1.82) is 0 Å². The second kappa shape index (κ2) is 10.0. The molecule has 0 fully saturated rings. The van der Waals surface area contributed by atoms with Gasteiger partial charge in [-0.3, -0.25) is 4.79 Å². The Morgan fingerprint density at radius 1 is 1.30 bits per heavy atom. The van der Waals surface area contributed by atoms with Crippen molar-refractivity contribution in [3.63, 3.8) is 0 Å². The highest BCUT2D eigenvalue weighted by molar-refractivity contribution is 6.02. The van der Waals surface area contributed by atoms with Crippen molar-refractivity contribution in [1.82, 2.24) is 0 Å². The first-order valence-electron chi connectivity index (χ1n) is 9.48. The number of hydrogen-bond donors (Lipinski definition) is 3. The molecule has 4 atom stereocenters. The molecular weight excluding hydrogens is 344 g/mol. The van der Waals surface area contributed by atoms with E-state index in [2.05, 4.69) is 0 Å². The predicted molar refractivity (Wildman–Crippen MR) is 107 cm³/mol. The maximum Gasteiger partial charge on any atom is 0.269 e. The molecule has 0 radical (unpaired) electrons. The third-order valence-corrected chi connectivity index (χ3v) is 5.01. The Kier molecular flexibility index (Phi) is 8.66. The summed E-state index contributed by atoms with van der Waals surface area (Å²) in [5.41, 5.74) is 2.43. The predicted octanol–water partition coefficient (Wildman–Crippen LogP) is 3.57. The molecule has 3 N–H and O–H groups in total. The molecule has 0 aromatic rings. The molecule has 0 aromatic carbocycles. The Morgan fingerprint density at radius 3 is 2.44 bits per heavy atom. The number of carbonyl (C=O) groups excluding carboxylic acids is 1. The second-order valence-electron chi connectivity index (χ2n) is 7.59. The van der Waals surface area contributed by atoms with Crippen molar-refractivity contribution in [3.05, 3.63) is 46.8 Å². The largest absolute Gasteiger partial charge is 0.459 e. The van der Waals surface area contributed by atoms with E-state index in [4.69, 9.17) is 4.74 Å². The number of ether oxygens (including phenoxy) is 1. The summed E-state index contributed by atoms with van der Waals surface area (Å²) in [4.78, 5) is 11.8. The molecular formula is C22H34O5. The van der Waals surface area contributed by atoms with Crippen molar-refractivity contribution in [3.8, 4) is 0 Å². The van der Waals surface area contributed by atoms with Crippen molar-refractivity contribution in [2.24, 2.45) is 5.92 Å². The van der Waals surface area contributed by atoms with Crippen molar-refractivity contribution < 1.29 is 24.9 Å². The van der Waals surface area contributed by atoms with Crippen LogP contribution < -0.4 is 0 Å². The number of aliphatic hydroxyl groups excluding tert-OH is 2. The van der Waals surface area contributed by atoms with Crippen LogP contribution in [-0.4, -0.2) is 39.1 Å². The summed E-state index contributed by atoms with van der Waals surface area (Å²) in [6.45, 7) is 10.7. The van der Waals surface area contributed by atoms with E-state index in [1.54, 1.807) is 6.92 Å². The third-order valence-electron chi connectivity index (χ3n) is 5.01. The van der Waals surface area contributed by atoms with Crippen molar-refractivity contribution >= 4 is 5.78 Å². The fourth-order valence-electron chi connectivity index (χ4n) is 2.91. The molecule has 5 nitrogen and oxygen atoms in total. The molecule has 0 aromatic heterocycles. The zero-order valence-corrected chi connectivity index (χ0v) is 17.3. The van der Waals surface area contributed by atoms with Gasteiger partial charge in [-0.05, 0) is 46.1 Å². The molecule has 0 aliphatic carbocycles. The van der Waals surface area contributed by atoms with Gasteiger partial charge in [-0.2, -0.15) is 0 Å². The Bertz CT molecular complexity index is 652. The summed E-state index contributed by atoms with van der Waals surface area (Å²) in [6.07, 6.45) is 8.10. The SMILES string of the molecule is C/C=C(\C)[C@H](O)[C@H](C)/C=C/C=C(\C)CC[C@@H](O)CC1=C(C)C(=O)[C@](C)(O)O1. The lowest BCUT2D eigenvalue weighted by atomic mass is 9.97. The van der Waals surface area contributed by atoms with Crippen LogP contribution in [0.2, 0.25) is 0 Å². The number of aliphatic hydroxyl groups is 3. The Morgan fingerprint density at radius 2 is 1.93 bits per heavy atom. The quantitative estimate of drug-likeness (QED) is 0.422. The molecule has 152 valence electrons. The smallest absolute Gasteiger partial charge is 0.269 e. The van der Waals surface area contributed by atoms with Crippen LogP contribution in [0.5, 0.6) is 0 Å². The number of ketones is 1. The molecule has 0 saturated carbocycles. The monoisotopic (exact) mass is 378 g/mol. The Hall–Kier alpha value is -1.69. The summed E-state index contributed by atoms with van der Waals surface area (Å²) < 4.78 is 5.26. The lowest BCUT2D eigenvalue weighted by molar-refractivity contribution is -0.171. The first-order valence-corrected chi connectivity index (χ1v) is 9.48. The molecule has 5 heteroatoms. The van der Waals surface area contributed by atoms with Gasteiger partial charge in [0.25, 0.3) is 5.79 Å². The molecule has 0 unspecified atom stereocenters. The van der Waals surface area contributed by atoms with Crippen LogP contribution in [0.1, 0.15) is 60.8 Å². The molecule has 27 heavy (non-hydrogen) atoms. The highest BCUT2D eigenvalue weighted by Gasteiger charge is 2.42. The average molecular weight is 379 g/mol. The van der Waals surface area contributed by atoms with Gasteiger partial charge < -0.3 is 20.1 Å². The van der Waals surface area contributed by atoms with Crippen LogP contribution in [-0.2, 0) is 9.53 Å². The van der Waals surface area contributed by atoms with Gasteiger partial charge >= 0.3 is 0 Å². The topological polar surface area (TPSA) is 87.0 Å². The Labute approximate surface area is 162 Å². The van der Waals surface area contributed by atoms with Crippen LogP contribution in [0.25, 0.3) is 0 Å². The van der Waals surface area contributed by atoms with Gasteiger partial charge in [0.1, 0.15) is 5.76 Å². The minimum absolute atomic E-state index is 0.0237. The number of hydrogen-bond acceptors (Lipinski definition) is 5. The molecule has 0 bridgehead atoms. The van der Waals surface area contributed by atoms with Crippen molar-refractivity contribution in [2.45, 2.75) is 78.8 Å². The summed E-state index contributed by atoms with van der Waals surface area (Å²) in [7, 11) is 0. The molecule has 0 amide bonds. The summed E-state index contributed by atoms with van der Waals surface area (Å²) >= 11 is 0. The highest BCUT2D eigenvalue weighted by atomic mass is 16.6.